The fraction of sp³-hybridized carbons (Fsp3) is 0.263. The van der Waals surface area contributed by atoms with Gasteiger partial charge < -0.3 is 0 Å². The summed E-state index contributed by atoms with van der Waals surface area (Å²) in [4.78, 5) is 25.5. The zero-order valence-electron chi connectivity index (χ0n) is 15.2. The summed E-state index contributed by atoms with van der Waals surface area (Å²) in [6.45, 7) is 1.78. The van der Waals surface area contributed by atoms with Gasteiger partial charge in [-0.15, -0.1) is 21.5 Å². The molecule has 28 heavy (non-hydrogen) atoms. The first kappa shape index (κ1) is 18.7. The highest BCUT2D eigenvalue weighted by molar-refractivity contribution is 8.00. The standard InChI is InChI=1S/C19H19N5O2S2/c1-12(17(25)21-22-18(26)13-6-3-2-4-7-13)28-19-23-20-16(15-8-5-11-27-15)24(19)14-9-10-14/h2-8,11-12,14H,9-10H2,1H3,(H,21,25)(H,22,26). The number of rotatable bonds is 6. The van der Waals surface area contributed by atoms with Crippen LogP contribution in [0.4, 0.5) is 0 Å². The van der Waals surface area contributed by atoms with Gasteiger partial charge >= 0.3 is 0 Å². The van der Waals surface area contributed by atoms with E-state index in [-0.39, 0.29) is 11.8 Å². The molecule has 1 aliphatic rings. The Morgan fingerprint density at radius 2 is 1.93 bits per heavy atom. The second kappa shape index (κ2) is 8.15. The van der Waals surface area contributed by atoms with Crippen molar-refractivity contribution in [1.82, 2.24) is 25.6 Å². The van der Waals surface area contributed by atoms with Crippen LogP contribution in [0.1, 0.15) is 36.2 Å². The lowest BCUT2D eigenvalue weighted by Crippen LogP contribution is -2.44. The van der Waals surface area contributed by atoms with E-state index in [9.17, 15) is 9.59 Å². The van der Waals surface area contributed by atoms with Gasteiger partial charge in [-0.3, -0.25) is 25.0 Å². The number of nitrogens with one attached hydrogen (secondary N) is 2. The molecular formula is C19H19N5O2S2. The lowest BCUT2D eigenvalue weighted by Gasteiger charge is -2.13. The van der Waals surface area contributed by atoms with Gasteiger partial charge in [-0.2, -0.15) is 0 Å². The average Bonchev–Trinajstić information content (AvgIpc) is 3.24. The maximum Gasteiger partial charge on any atom is 0.269 e. The Kier molecular flexibility index (Phi) is 5.45. The van der Waals surface area contributed by atoms with Gasteiger partial charge in [0.05, 0.1) is 10.1 Å². The van der Waals surface area contributed by atoms with Gasteiger partial charge in [0.15, 0.2) is 11.0 Å². The molecule has 0 saturated heterocycles. The molecule has 2 aromatic heterocycles. The summed E-state index contributed by atoms with van der Waals surface area (Å²) < 4.78 is 2.13. The summed E-state index contributed by atoms with van der Waals surface area (Å²) in [5.74, 6) is 0.203. The summed E-state index contributed by atoms with van der Waals surface area (Å²) in [5.41, 5.74) is 5.42. The molecule has 1 unspecified atom stereocenters. The number of aromatic nitrogens is 3. The van der Waals surface area contributed by atoms with Crippen molar-refractivity contribution in [3.05, 3.63) is 53.4 Å². The van der Waals surface area contributed by atoms with E-state index >= 15 is 0 Å². The van der Waals surface area contributed by atoms with Gasteiger partial charge in [0.1, 0.15) is 0 Å². The summed E-state index contributed by atoms with van der Waals surface area (Å²) >= 11 is 2.97. The minimum absolute atomic E-state index is 0.294. The SMILES string of the molecule is CC(Sc1nnc(-c2cccs2)n1C1CC1)C(=O)NNC(=O)c1ccccc1. The highest BCUT2D eigenvalue weighted by Gasteiger charge is 2.31. The third-order valence-electron chi connectivity index (χ3n) is 4.30. The van der Waals surface area contributed by atoms with E-state index in [1.165, 1.54) is 11.8 Å². The molecule has 0 aliphatic heterocycles. The van der Waals surface area contributed by atoms with Crippen molar-refractivity contribution in [2.75, 3.05) is 0 Å². The highest BCUT2D eigenvalue weighted by Crippen LogP contribution is 2.42. The largest absolute Gasteiger partial charge is 0.298 e. The van der Waals surface area contributed by atoms with Gasteiger partial charge in [-0.1, -0.05) is 36.0 Å². The number of hydrazine groups is 1. The van der Waals surface area contributed by atoms with E-state index in [0.29, 0.717) is 11.6 Å². The number of carbonyl (C=O) groups excluding carboxylic acids is 2. The molecule has 1 saturated carbocycles. The van der Waals surface area contributed by atoms with Crippen LogP contribution in [0.15, 0.2) is 53.0 Å². The second-order valence-corrected chi connectivity index (χ2v) is 8.71. The van der Waals surface area contributed by atoms with Gasteiger partial charge in [0.2, 0.25) is 0 Å². The third kappa shape index (κ3) is 4.10. The van der Waals surface area contributed by atoms with Crippen molar-refractivity contribution in [1.29, 1.82) is 0 Å². The molecule has 9 heteroatoms. The summed E-state index contributed by atoms with van der Waals surface area (Å²) in [5, 5.41) is 11.0. The molecule has 2 N–H and O–H groups in total. The van der Waals surface area contributed by atoms with Crippen molar-refractivity contribution in [3.8, 4) is 10.7 Å². The van der Waals surface area contributed by atoms with E-state index < -0.39 is 5.25 Å². The molecule has 144 valence electrons. The normalized spacial score (nSPS) is 14.5. The maximum atomic E-state index is 12.4. The first-order valence-corrected chi connectivity index (χ1v) is 10.7. The number of benzene rings is 1. The smallest absolute Gasteiger partial charge is 0.269 e. The molecule has 0 spiro atoms. The third-order valence-corrected chi connectivity index (χ3v) is 6.23. The Morgan fingerprint density at radius 3 is 2.61 bits per heavy atom. The van der Waals surface area contributed by atoms with Crippen LogP contribution in [0.25, 0.3) is 10.7 Å². The molecule has 0 radical (unpaired) electrons. The topological polar surface area (TPSA) is 88.9 Å². The predicted molar refractivity (Wildman–Crippen MR) is 109 cm³/mol. The minimum Gasteiger partial charge on any atom is -0.298 e. The Hall–Kier alpha value is -2.65. The fourth-order valence-corrected chi connectivity index (χ4v) is 4.31. The van der Waals surface area contributed by atoms with Crippen molar-refractivity contribution in [2.45, 2.75) is 36.2 Å². The number of nitrogens with zero attached hydrogens (tertiary/aromatic N) is 3. The summed E-state index contributed by atoms with van der Waals surface area (Å²) in [7, 11) is 0. The zero-order chi connectivity index (χ0) is 19.5. The molecule has 3 aromatic rings. The van der Waals surface area contributed by atoms with Gasteiger partial charge in [0.25, 0.3) is 11.8 Å². The van der Waals surface area contributed by atoms with Crippen LogP contribution in [0.2, 0.25) is 0 Å². The van der Waals surface area contributed by atoms with E-state index in [2.05, 4.69) is 25.6 Å². The number of hydrogen-bond donors (Lipinski definition) is 2. The van der Waals surface area contributed by atoms with Crippen molar-refractivity contribution >= 4 is 34.9 Å². The number of thioether (sulfide) groups is 1. The van der Waals surface area contributed by atoms with Gasteiger partial charge in [-0.25, -0.2) is 0 Å². The molecule has 4 rings (SSSR count). The van der Waals surface area contributed by atoms with Crippen LogP contribution < -0.4 is 10.9 Å². The molecular weight excluding hydrogens is 394 g/mol. The van der Waals surface area contributed by atoms with Crippen LogP contribution in [0.3, 0.4) is 0 Å². The van der Waals surface area contributed by atoms with E-state index in [1.807, 2.05) is 23.6 Å². The quantitative estimate of drug-likeness (QED) is 0.478. The van der Waals surface area contributed by atoms with E-state index in [4.69, 9.17) is 0 Å². The Balaban J connectivity index is 1.40. The first-order valence-electron chi connectivity index (χ1n) is 8.94. The van der Waals surface area contributed by atoms with Crippen LogP contribution in [-0.4, -0.2) is 31.8 Å². The van der Waals surface area contributed by atoms with E-state index in [0.717, 1.165) is 28.7 Å². The van der Waals surface area contributed by atoms with E-state index in [1.54, 1.807) is 42.5 Å². The zero-order valence-corrected chi connectivity index (χ0v) is 16.8. The monoisotopic (exact) mass is 413 g/mol. The average molecular weight is 414 g/mol. The van der Waals surface area contributed by atoms with Crippen molar-refractivity contribution < 1.29 is 9.59 Å². The lowest BCUT2D eigenvalue weighted by molar-refractivity contribution is -0.121. The Labute approximate surface area is 170 Å². The molecule has 1 atom stereocenters. The van der Waals surface area contributed by atoms with Gasteiger partial charge in [-0.05, 0) is 43.3 Å². The van der Waals surface area contributed by atoms with Crippen molar-refractivity contribution in [2.24, 2.45) is 0 Å². The highest BCUT2D eigenvalue weighted by atomic mass is 32.2. The van der Waals surface area contributed by atoms with Crippen LogP contribution >= 0.6 is 23.1 Å². The molecule has 1 aromatic carbocycles. The van der Waals surface area contributed by atoms with Crippen molar-refractivity contribution in [3.63, 3.8) is 0 Å². The Bertz CT molecular complexity index is 968. The number of amides is 2. The molecule has 1 fully saturated rings. The molecule has 2 amide bonds. The lowest BCUT2D eigenvalue weighted by atomic mass is 10.2. The van der Waals surface area contributed by atoms with Crippen LogP contribution in [0.5, 0.6) is 0 Å². The molecule has 1 aliphatic carbocycles. The second-order valence-electron chi connectivity index (χ2n) is 6.45. The Morgan fingerprint density at radius 1 is 1.14 bits per heavy atom. The molecule has 0 bridgehead atoms. The maximum absolute atomic E-state index is 12.4. The predicted octanol–water partition coefficient (Wildman–Crippen LogP) is 3.28. The molecule has 7 nitrogen and oxygen atoms in total. The summed E-state index contributed by atoms with van der Waals surface area (Å²) in [6.07, 6.45) is 2.19. The van der Waals surface area contributed by atoms with Crippen LogP contribution in [-0.2, 0) is 4.79 Å². The number of carbonyl (C=O) groups is 2. The number of thiophene rings is 1. The first-order chi connectivity index (χ1) is 13.6. The summed E-state index contributed by atoms with van der Waals surface area (Å²) in [6, 6.07) is 13.1. The van der Waals surface area contributed by atoms with Gasteiger partial charge in [0, 0.05) is 11.6 Å². The molecule has 2 heterocycles. The number of hydrogen-bond acceptors (Lipinski definition) is 6. The van der Waals surface area contributed by atoms with Crippen LogP contribution in [0, 0.1) is 0 Å². The minimum atomic E-state index is -0.436. The fourth-order valence-electron chi connectivity index (χ4n) is 2.69.